The van der Waals surface area contributed by atoms with Crippen LogP contribution >= 0.6 is 0 Å². The molecule has 1 N–H and O–H groups in total. The number of nitrogens with zero attached hydrogens (tertiary/aromatic N) is 4. The molecule has 1 aromatic heterocycles. The largest absolute Gasteiger partial charge is 0.364 e. The standard InChI is InChI=1S/C23H24FN5/c1-28-16-26-13-21(28)15-29-14-20(11-19-10-17(12-25)6-7-23(19)29)27-9-8-18-4-2-3-5-22(18)24/h2-7,10,13,16,20,27H,8-9,11,14-15H2,1H3. The van der Waals surface area contributed by atoms with Gasteiger partial charge >= 0.3 is 0 Å². The fourth-order valence-electron chi connectivity index (χ4n) is 3.95. The molecule has 6 heteroatoms. The molecule has 0 amide bonds. The normalized spacial score (nSPS) is 15.8. The molecule has 29 heavy (non-hydrogen) atoms. The van der Waals surface area contributed by atoms with Crippen LogP contribution in [0.1, 0.15) is 22.4 Å². The van der Waals surface area contributed by atoms with Crippen molar-refractivity contribution in [2.24, 2.45) is 7.05 Å². The molecule has 1 unspecified atom stereocenters. The molecule has 0 saturated heterocycles. The molecular weight excluding hydrogens is 365 g/mol. The van der Waals surface area contributed by atoms with Crippen molar-refractivity contribution in [1.82, 2.24) is 14.9 Å². The number of nitrogens with one attached hydrogen (secondary N) is 1. The molecule has 148 valence electrons. The third-order valence-electron chi connectivity index (χ3n) is 5.51. The van der Waals surface area contributed by atoms with Gasteiger partial charge in [-0.2, -0.15) is 5.26 Å². The molecule has 0 bridgehead atoms. The summed E-state index contributed by atoms with van der Waals surface area (Å²) in [4.78, 5) is 6.55. The lowest BCUT2D eigenvalue weighted by atomic mass is 9.95. The SMILES string of the molecule is Cn1cncc1CN1CC(NCCc2ccccc2F)Cc2cc(C#N)ccc21. The van der Waals surface area contributed by atoms with E-state index in [0.717, 1.165) is 36.5 Å². The van der Waals surface area contributed by atoms with Gasteiger partial charge in [0.1, 0.15) is 5.82 Å². The average Bonchev–Trinajstić information content (AvgIpc) is 3.13. The Kier molecular flexibility index (Phi) is 5.59. The Balaban J connectivity index is 1.49. The molecule has 5 nitrogen and oxygen atoms in total. The number of fused-ring (bicyclic) bond motifs is 1. The highest BCUT2D eigenvalue weighted by Gasteiger charge is 2.25. The molecule has 4 rings (SSSR count). The maximum atomic E-state index is 13.9. The summed E-state index contributed by atoms with van der Waals surface area (Å²) in [6, 6.07) is 15.3. The van der Waals surface area contributed by atoms with E-state index in [1.165, 1.54) is 11.6 Å². The van der Waals surface area contributed by atoms with Gasteiger partial charge < -0.3 is 14.8 Å². The number of aryl methyl sites for hydroxylation is 1. The number of hydrogen-bond acceptors (Lipinski definition) is 4. The lowest BCUT2D eigenvalue weighted by molar-refractivity contribution is 0.479. The van der Waals surface area contributed by atoms with Crippen LogP contribution in [0.2, 0.25) is 0 Å². The molecule has 2 heterocycles. The second-order valence-corrected chi connectivity index (χ2v) is 7.53. The fraction of sp³-hybridized carbons (Fsp3) is 0.304. The van der Waals surface area contributed by atoms with Gasteiger partial charge in [0.2, 0.25) is 0 Å². The Labute approximate surface area is 170 Å². The van der Waals surface area contributed by atoms with Gasteiger partial charge in [-0.25, -0.2) is 9.37 Å². The Bertz CT molecular complexity index is 1040. The third kappa shape index (κ3) is 4.30. The van der Waals surface area contributed by atoms with Crippen LogP contribution in [0.4, 0.5) is 10.1 Å². The summed E-state index contributed by atoms with van der Waals surface area (Å²) in [6.07, 6.45) is 5.20. The van der Waals surface area contributed by atoms with Gasteiger partial charge in [-0.3, -0.25) is 0 Å². The lowest BCUT2D eigenvalue weighted by Crippen LogP contribution is -2.46. The highest BCUT2D eigenvalue weighted by atomic mass is 19.1. The van der Waals surface area contributed by atoms with Crippen molar-refractivity contribution in [3.05, 3.63) is 83.2 Å². The van der Waals surface area contributed by atoms with E-state index in [9.17, 15) is 9.65 Å². The molecular formula is C23H24FN5. The predicted molar refractivity (Wildman–Crippen MR) is 111 cm³/mol. The van der Waals surface area contributed by atoms with E-state index in [1.54, 1.807) is 6.07 Å². The maximum absolute atomic E-state index is 13.9. The number of nitriles is 1. The van der Waals surface area contributed by atoms with Crippen LogP contribution in [0.3, 0.4) is 0 Å². The first-order chi connectivity index (χ1) is 14.1. The molecule has 1 aliphatic heterocycles. The zero-order valence-electron chi connectivity index (χ0n) is 16.5. The van der Waals surface area contributed by atoms with Crippen molar-refractivity contribution in [1.29, 1.82) is 5.26 Å². The monoisotopic (exact) mass is 389 g/mol. The van der Waals surface area contributed by atoms with E-state index in [4.69, 9.17) is 0 Å². The third-order valence-corrected chi connectivity index (χ3v) is 5.51. The minimum Gasteiger partial charge on any atom is -0.364 e. The molecule has 1 atom stereocenters. The maximum Gasteiger partial charge on any atom is 0.126 e. The highest BCUT2D eigenvalue weighted by Crippen LogP contribution is 2.29. The molecule has 0 radical (unpaired) electrons. The molecule has 0 spiro atoms. The molecule has 2 aromatic carbocycles. The Morgan fingerprint density at radius 2 is 2.14 bits per heavy atom. The summed E-state index contributed by atoms with van der Waals surface area (Å²) in [5.41, 5.74) is 4.87. The molecule has 0 aliphatic carbocycles. The second-order valence-electron chi connectivity index (χ2n) is 7.53. The number of imidazole rings is 1. The van der Waals surface area contributed by atoms with Gasteiger partial charge in [0.15, 0.2) is 0 Å². The summed E-state index contributed by atoms with van der Waals surface area (Å²) < 4.78 is 15.9. The zero-order chi connectivity index (χ0) is 20.2. The van der Waals surface area contributed by atoms with Crippen molar-refractivity contribution < 1.29 is 4.39 Å². The van der Waals surface area contributed by atoms with Crippen molar-refractivity contribution in [3.63, 3.8) is 0 Å². The van der Waals surface area contributed by atoms with Crippen molar-refractivity contribution in [2.75, 3.05) is 18.0 Å². The molecule has 3 aromatic rings. The number of aromatic nitrogens is 2. The van der Waals surface area contributed by atoms with E-state index in [0.29, 0.717) is 18.5 Å². The minimum absolute atomic E-state index is 0.153. The summed E-state index contributed by atoms with van der Waals surface area (Å²) >= 11 is 0. The number of benzene rings is 2. The van der Waals surface area contributed by atoms with Crippen molar-refractivity contribution >= 4 is 5.69 Å². The Hall–Kier alpha value is -3.17. The first-order valence-electron chi connectivity index (χ1n) is 9.84. The van der Waals surface area contributed by atoms with Crippen LogP contribution in [-0.4, -0.2) is 28.7 Å². The van der Waals surface area contributed by atoms with E-state index in [1.807, 2.05) is 54.5 Å². The number of halogens is 1. The summed E-state index contributed by atoms with van der Waals surface area (Å²) in [7, 11) is 2.00. The highest BCUT2D eigenvalue weighted by molar-refractivity contribution is 5.59. The van der Waals surface area contributed by atoms with E-state index < -0.39 is 0 Å². The molecule has 0 fully saturated rings. The molecule has 1 aliphatic rings. The lowest BCUT2D eigenvalue weighted by Gasteiger charge is -2.36. The van der Waals surface area contributed by atoms with Crippen LogP contribution in [0, 0.1) is 17.1 Å². The van der Waals surface area contributed by atoms with Gasteiger partial charge in [-0.05, 0) is 54.8 Å². The van der Waals surface area contributed by atoms with Crippen LogP contribution in [-0.2, 0) is 26.4 Å². The van der Waals surface area contributed by atoms with E-state index >= 15 is 0 Å². The fourth-order valence-corrected chi connectivity index (χ4v) is 3.95. The Morgan fingerprint density at radius 1 is 1.28 bits per heavy atom. The molecule has 0 saturated carbocycles. The van der Waals surface area contributed by atoms with Crippen LogP contribution < -0.4 is 10.2 Å². The quantitative estimate of drug-likeness (QED) is 0.703. The zero-order valence-corrected chi connectivity index (χ0v) is 16.5. The van der Waals surface area contributed by atoms with E-state index in [2.05, 4.69) is 21.3 Å². The summed E-state index contributed by atoms with van der Waals surface area (Å²) in [5.74, 6) is -0.153. The van der Waals surface area contributed by atoms with Gasteiger partial charge in [-0.15, -0.1) is 0 Å². The smallest absolute Gasteiger partial charge is 0.126 e. The predicted octanol–water partition coefficient (Wildman–Crippen LogP) is 3.19. The Morgan fingerprint density at radius 3 is 2.90 bits per heavy atom. The van der Waals surface area contributed by atoms with Gasteiger partial charge in [-0.1, -0.05) is 18.2 Å². The number of rotatable bonds is 6. The summed E-state index contributed by atoms with van der Waals surface area (Å²) in [6.45, 7) is 2.31. The van der Waals surface area contributed by atoms with Gasteiger partial charge in [0, 0.05) is 31.5 Å². The number of hydrogen-bond donors (Lipinski definition) is 1. The minimum atomic E-state index is -0.153. The van der Waals surface area contributed by atoms with Crippen LogP contribution in [0.15, 0.2) is 55.0 Å². The van der Waals surface area contributed by atoms with Crippen LogP contribution in [0.25, 0.3) is 0 Å². The van der Waals surface area contributed by atoms with Crippen LogP contribution in [0.5, 0.6) is 0 Å². The van der Waals surface area contributed by atoms with Gasteiger partial charge in [0.25, 0.3) is 0 Å². The number of anilines is 1. The average molecular weight is 389 g/mol. The van der Waals surface area contributed by atoms with Crippen molar-refractivity contribution in [3.8, 4) is 6.07 Å². The van der Waals surface area contributed by atoms with Crippen molar-refractivity contribution in [2.45, 2.75) is 25.4 Å². The topological polar surface area (TPSA) is 56.9 Å². The van der Waals surface area contributed by atoms with Gasteiger partial charge in [0.05, 0.1) is 30.2 Å². The first kappa shape index (κ1) is 19.2. The summed E-state index contributed by atoms with van der Waals surface area (Å²) in [5, 5.41) is 12.9. The second kappa shape index (κ2) is 8.46. The first-order valence-corrected chi connectivity index (χ1v) is 9.84. The van der Waals surface area contributed by atoms with E-state index in [-0.39, 0.29) is 11.9 Å².